The highest BCUT2D eigenvalue weighted by Crippen LogP contribution is 2.52. The molecule has 4 rings (SSSR count). The quantitative estimate of drug-likeness (QED) is 0.793. The van der Waals surface area contributed by atoms with Gasteiger partial charge in [-0.1, -0.05) is 30.3 Å². The number of fused-ring (bicyclic) bond motifs is 2. The summed E-state index contributed by atoms with van der Waals surface area (Å²) < 4.78 is 6.08. The zero-order chi connectivity index (χ0) is 17.3. The minimum Gasteiger partial charge on any atom is -0.369 e. The van der Waals surface area contributed by atoms with Gasteiger partial charge in [-0.15, -0.1) is 11.7 Å². The number of aryl methyl sites for hydroxylation is 1. The van der Waals surface area contributed by atoms with Crippen LogP contribution in [0.3, 0.4) is 0 Å². The number of aromatic nitrogens is 2. The molecule has 2 heterocycles. The van der Waals surface area contributed by atoms with Gasteiger partial charge in [-0.2, -0.15) is 5.10 Å². The van der Waals surface area contributed by atoms with Crippen molar-refractivity contribution in [3.8, 4) is 0 Å². The fourth-order valence-electron chi connectivity index (χ4n) is 4.37. The lowest BCUT2D eigenvalue weighted by atomic mass is 9.74. The highest BCUT2D eigenvalue weighted by atomic mass is 16.5. The zero-order valence-electron chi connectivity index (χ0n) is 14.8. The zero-order valence-corrected chi connectivity index (χ0v) is 14.8. The van der Waals surface area contributed by atoms with Crippen molar-refractivity contribution >= 4 is 5.82 Å². The summed E-state index contributed by atoms with van der Waals surface area (Å²) in [4.78, 5) is 2.36. The maximum absolute atomic E-state index is 6.08. The summed E-state index contributed by atoms with van der Waals surface area (Å²) >= 11 is 0. The Bertz CT molecular complexity index is 748. The van der Waals surface area contributed by atoms with Gasteiger partial charge in [-0.05, 0) is 49.4 Å². The standard InChI is InChI=1S/C21H25N3O/c1-3-14-25-19-15-21(18-7-5-4-6-17(18)19)10-12-24(13-11-21)20-9-8-16(2)22-23-20/h3-9,19H,1,10-15H2,2H3. The van der Waals surface area contributed by atoms with E-state index in [9.17, 15) is 0 Å². The van der Waals surface area contributed by atoms with Crippen LogP contribution >= 0.6 is 0 Å². The molecule has 1 aliphatic heterocycles. The van der Waals surface area contributed by atoms with Crippen molar-refractivity contribution in [3.63, 3.8) is 0 Å². The summed E-state index contributed by atoms with van der Waals surface area (Å²) in [6.07, 6.45) is 5.38. The summed E-state index contributed by atoms with van der Waals surface area (Å²) in [5.41, 5.74) is 4.05. The largest absolute Gasteiger partial charge is 0.369 e. The van der Waals surface area contributed by atoms with E-state index in [1.54, 1.807) is 0 Å². The molecule has 1 aromatic heterocycles. The lowest BCUT2D eigenvalue weighted by Gasteiger charge is -2.40. The van der Waals surface area contributed by atoms with E-state index in [4.69, 9.17) is 4.74 Å². The van der Waals surface area contributed by atoms with Gasteiger partial charge in [0.1, 0.15) is 0 Å². The molecular weight excluding hydrogens is 310 g/mol. The van der Waals surface area contributed by atoms with E-state index >= 15 is 0 Å². The van der Waals surface area contributed by atoms with Crippen LogP contribution in [-0.2, 0) is 10.2 Å². The van der Waals surface area contributed by atoms with Gasteiger partial charge in [0.15, 0.2) is 5.82 Å². The number of anilines is 1. The number of ether oxygens (including phenoxy) is 1. The van der Waals surface area contributed by atoms with E-state index in [0.717, 1.165) is 43.9 Å². The molecule has 130 valence electrons. The summed E-state index contributed by atoms with van der Waals surface area (Å²) in [7, 11) is 0. The van der Waals surface area contributed by atoms with Crippen LogP contribution in [0.15, 0.2) is 49.1 Å². The fourth-order valence-corrected chi connectivity index (χ4v) is 4.37. The van der Waals surface area contributed by atoms with Crippen LogP contribution in [-0.4, -0.2) is 29.9 Å². The van der Waals surface area contributed by atoms with Crippen molar-refractivity contribution in [3.05, 3.63) is 65.9 Å². The van der Waals surface area contributed by atoms with Gasteiger partial charge >= 0.3 is 0 Å². The second-order valence-electron chi connectivity index (χ2n) is 7.20. The molecule has 1 unspecified atom stereocenters. The maximum atomic E-state index is 6.08. The monoisotopic (exact) mass is 335 g/mol. The highest BCUT2D eigenvalue weighted by Gasteiger charge is 2.45. The van der Waals surface area contributed by atoms with E-state index in [0.29, 0.717) is 6.61 Å². The van der Waals surface area contributed by atoms with Gasteiger partial charge in [0.05, 0.1) is 18.4 Å². The molecule has 0 bridgehead atoms. The van der Waals surface area contributed by atoms with E-state index in [1.165, 1.54) is 11.1 Å². The van der Waals surface area contributed by atoms with Crippen LogP contribution in [0, 0.1) is 6.92 Å². The van der Waals surface area contributed by atoms with E-state index in [2.05, 4.69) is 52.0 Å². The van der Waals surface area contributed by atoms with Gasteiger partial charge in [-0.3, -0.25) is 0 Å². The molecule has 25 heavy (non-hydrogen) atoms. The minimum absolute atomic E-state index is 0.194. The Kier molecular flexibility index (Phi) is 4.30. The molecule has 0 saturated carbocycles. The minimum atomic E-state index is 0.194. The van der Waals surface area contributed by atoms with Crippen molar-refractivity contribution in [2.75, 3.05) is 24.6 Å². The third-order valence-corrected chi connectivity index (χ3v) is 5.70. The first kappa shape index (κ1) is 16.3. The van der Waals surface area contributed by atoms with Crippen LogP contribution in [0.25, 0.3) is 0 Å². The molecule has 0 amide bonds. The third-order valence-electron chi connectivity index (χ3n) is 5.70. The first-order chi connectivity index (χ1) is 12.2. The molecule has 0 N–H and O–H groups in total. The average molecular weight is 335 g/mol. The normalized spacial score (nSPS) is 21.3. The van der Waals surface area contributed by atoms with E-state index in [-0.39, 0.29) is 11.5 Å². The number of hydrogen-bond acceptors (Lipinski definition) is 4. The van der Waals surface area contributed by atoms with Crippen molar-refractivity contribution in [1.82, 2.24) is 10.2 Å². The van der Waals surface area contributed by atoms with Crippen molar-refractivity contribution in [2.24, 2.45) is 0 Å². The lowest BCUT2D eigenvalue weighted by Crippen LogP contribution is -2.42. The Balaban J connectivity index is 1.54. The predicted octanol–water partition coefficient (Wildman–Crippen LogP) is 3.97. The molecule has 1 aliphatic carbocycles. The van der Waals surface area contributed by atoms with Gasteiger partial charge in [0.2, 0.25) is 0 Å². The molecule has 1 spiro atoms. The Labute approximate surface area is 149 Å². The summed E-state index contributed by atoms with van der Waals surface area (Å²) in [6.45, 7) is 8.40. The Morgan fingerprint density at radius 3 is 2.72 bits per heavy atom. The Morgan fingerprint density at radius 1 is 1.20 bits per heavy atom. The number of nitrogens with zero attached hydrogens (tertiary/aromatic N) is 3. The van der Waals surface area contributed by atoms with Crippen LogP contribution in [0.2, 0.25) is 0 Å². The first-order valence-electron chi connectivity index (χ1n) is 9.09. The van der Waals surface area contributed by atoms with E-state index < -0.39 is 0 Å². The van der Waals surface area contributed by atoms with Crippen molar-refractivity contribution < 1.29 is 4.74 Å². The molecule has 4 heteroatoms. The van der Waals surface area contributed by atoms with Crippen LogP contribution < -0.4 is 4.90 Å². The number of hydrogen-bond donors (Lipinski definition) is 0. The molecule has 1 aromatic carbocycles. The van der Waals surface area contributed by atoms with Crippen LogP contribution in [0.5, 0.6) is 0 Å². The van der Waals surface area contributed by atoms with Crippen molar-refractivity contribution in [1.29, 1.82) is 0 Å². The second kappa shape index (κ2) is 6.60. The molecule has 2 aliphatic rings. The summed E-state index contributed by atoms with van der Waals surface area (Å²) in [5.74, 6) is 0.992. The lowest BCUT2D eigenvalue weighted by molar-refractivity contribution is 0.0586. The smallest absolute Gasteiger partial charge is 0.151 e. The SMILES string of the molecule is C=CCOC1CC2(CCN(c3ccc(C)nn3)CC2)c2ccccc21. The van der Waals surface area contributed by atoms with Crippen molar-refractivity contribution in [2.45, 2.75) is 37.7 Å². The third kappa shape index (κ3) is 2.95. The topological polar surface area (TPSA) is 38.2 Å². The summed E-state index contributed by atoms with van der Waals surface area (Å²) in [6, 6.07) is 12.9. The molecule has 4 nitrogen and oxygen atoms in total. The molecular formula is C21H25N3O. The molecule has 1 fully saturated rings. The van der Waals surface area contributed by atoms with Crippen LogP contribution in [0.4, 0.5) is 5.82 Å². The predicted molar refractivity (Wildman–Crippen MR) is 99.8 cm³/mol. The second-order valence-corrected chi connectivity index (χ2v) is 7.20. The fraction of sp³-hybridized carbons (Fsp3) is 0.429. The number of rotatable bonds is 4. The molecule has 0 radical (unpaired) electrons. The van der Waals surface area contributed by atoms with Gasteiger partial charge in [0, 0.05) is 18.5 Å². The maximum Gasteiger partial charge on any atom is 0.151 e. The van der Waals surface area contributed by atoms with Crippen LogP contribution in [0.1, 0.15) is 42.2 Å². The summed E-state index contributed by atoms with van der Waals surface area (Å²) in [5, 5.41) is 8.56. The van der Waals surface area contributed by atoms with Gasteiger partial charge < -0.3 is 9.64 Å². The van der Waals surface area contributed by atoms with Gasteiger partial charge in [0.25, 0.3) is 0 Å². The molecule has 1 atom stereocenters. The number of piperidine rings is 1. The van der Waals surface area contributed by atoms with E-state index in [1.807, 2.05) is 19.1 Å². The van der Waals surface area contributed by atoms with Gasteiger partial charge in [-0.25, -0.2) is 0 Å². The molecule has 1 saturated heterocycles. The average Bonchev–Trinajstić information content (AvgIpc) is 2.95. The molecule has 2 aromatic rings. The Hall–Kier alpha value is -2.20. The first-order valence-corrected chi connectivity index (χ1v) is 9.09. The Morgan fingerprint density at radius 2 is 2.00 bits per heavy atom. The highest BCUT2D eigenvalue weighted by molar-refractivity contribution is 5.45. The number of benzene rings is 1.